The second-order valence-corrected chi connectivity index (χ2v) is 6.48. The molecule has 0 radical (unpaired) electrons. The van der Waals surface area contributed by atoms with Gasteiger partial charge in [-0.15, -0.1) is 0 Å². The Morgan fingerprint density at radius 2 is 1.79 bits per heavy atom. The van der Waals surface area contributed by atoms with Crippen molar-refractivity contribution >= 4 is 16.7 Å². The fraction of sp³-hybridized carbons (Fsp3) is 0.136. The Labute approximate surface area is 162 Å². The van der Waals surface area contributed by atoms with Gasteiger partial charge in [0.15, 0.2) is 0 Å². The summed E-state index contributed by atoms with van der Waals surface area (Å²) in [4.78, 5) is 13.2. The summed E-state index contributed by atoms with van der Waals surface area (Å²) in [5, 5.41) is 4.16. The predicted molar refractivity (Wildman–Crippen MR) is 108 cm³/mol. The maximum Gasteiger partial charge on any atom is 0.145 e. The molecule has 0 unspecified atom stereocenters. The van der Waals surface area contributed by atoms with Crippen molar-refractivity contribution in [2.45, 2.75) is 13.5 Å². The highest BCUT2D eigenvalue weighted by atomic mass is 19.1. The third-order valence-corrected chi connectivity index (χ3v) is 4.51. The predicted octanol–water partition coefficient (Wildman–Crippen LogP) is 4.76. The number of pyridine rings is 1. The number of aryl methyl sites for hydroxylation is 1. The third kappa shape index (κ3) is 3.62. The van der Waals surface area contributed by atoms with Crippen molar-refractivity contribution in [1.82, 2.24) is 15.0 Å². The van der Waals surface area contributed by atoms with Gasteiger partial charge in [-0.2, -0.15) is 0 Å². The first-order valence-corrected chi connectivity index (χ1v) is 8.88. The lowest BCUT2D eigenvalue weighted by Gasteiger charge is -2.13. The van der Waals surface area contributed by atoms with Gasteiger partial charge in [0.25, 0.3) is 0 Å². The van der Waals surface area contributed by atoms with E-state index in [4.69, 9.17) is 4.74 Å². The van der Waals surface area contributed by atoms with Crippen molar-refractivity contribution < 1.29 is 9.13 Å². The van der Waals surface area contributed by atoms with Crippen LogP contribution in [0.1, 0.15) is 11.3 Å². The van der Waals surface area contributed by atoms with E-state index in [1.807, 2.05) is 37.4 Å². The molecule has 4 aromatic rings. The molecule has 28 heavy (non-hydrogen) atoms. The first kappa shape index (κ1) is 17.9. The zero-order valence-electron chi connectivity index (χ0n) is 15.6. The number of benzene rings is 2. The monoisotopic (exact) mass is 374 g/mol. The maximum atomic E-state index is 13.3. The lowest BCUT2D eigenvalue weighted by atomic mass is 10.0. The Balaban J connectivity index is 1.75. The zero-order chi connectivity index (χ0) is 19.5. The van der Waals surface area contributed by atoms with Crippen molar-refractivity contribution in [1.29, 1.82) is 0 Å². The number of halogens is 1. The summed E-state index contributed by atoms with van der Waals surface area (Å²) in [6.07, 6.45) is 3.35. The van der Waals surface area contributed by atoms with Gasteiger partial charge in [0.05, 0.1) is 19.3 Å². The van der Waals surface area contributed by atoms with Crippen LogP contribution in [0.15, 0.2) is 61.1 Å². The average molecular weight is 374 g/mol. The van der Waals surface area contributed by atoms with E-state index in [0.717, 1.165) is 27.8 Å². The normalized spacial score (nSPS) is 10.8. The number of methoxy groups -OCH3 is 1. The SMILES string of the molecule is COc1cc(-c2ccc(F)cc2)cc2c(NCc3ccc(C)cn3)ncnc12. The van der Waals surface area contributed by atoms with Crippen LogP contribution in [-0.2, 0) is 6.54 Å². The molecule has 0 aliphatic rings. The maximum absolute atomic E-state index is 13.3. The number of rotatable bonds is 5. The number of nitrogens with zero attached hydrogens (tertiary/aromatic N) is 3. The molecule has 0 aliphatic heterocycles. The minimum absolute atomic E-state index is 0.271. The van der Waals surface area contributed by atoms with Gasteiger partial charge in [-0.1, -0.05) is 18.2 Å². The van der Waals surface area contributed by atoms with Gasteiger partial charge in [0, 0.05) is 11.6 Å². The van der Waals surface area contributed by atoms with Crippen molar-refractivity contribution in [3.63, 3.8) is 0 Å². The fourth-order valence-corrected chi connectivity index (χ4v) is 3.02. The average Bonchev–Trinajstić information content (AvgIpc) is 2.73. The Morgan fingerprint density at radius 3 is 2.50 bits per heavy atom. The van der Waals surface area contributed by atoms with E-state index in [2.05, 4.69) is 20.3 Å². The molecule has 0 spiro atoms. The van der Waals surface area contributed by atoms with Crippen LogP contribution >= 0.6 is 0 Å². The lowest BCUT2D eigenvalue weighted by Crippen LogP contribution is -2.04. The van der Waals surface area contributed by atoms with Crippen LogP contribution in [-0.4, -0.2) is 22.1 Å². The van der Waals surface area contributed by atoms with E-state index in [9.17, 15) is 4.39 Å². The van der Waals surface area contributed by atoms with Crippen molar-refractivity contribution in [2.24, 2.45) is 0 Å². The molecule has 0 saturated carbocycles. The summed E-state index contributed by atoms with van der Waals surface area (Å²) < 4.78 is 18.8. The minimum Gasteiger partial charge on any atom is -0.494 e. The Kier molecular flexibility index (Phi) is 4.85. The number of hydrogen-bond donors (Lipinski definition) is 1. The van der Waals surface area contributed by atoms with Gasteiger partial charge < -0.3 is 10.1 Å². The molecule has 6 heteroatoms. The number of ether oxygens (including phenoxy) is 1. The Morgan fingerprint density at radius 1 is 0.964 bits per heavy atom. The van der Waals surface area contributed by atoms with Crippen molar-refractivity contribution in [3.05, 3.63) is 78.1 Å². The van der Waals surface area contributed by atoms with E-state index < -0.39 is 0 Å². The molecule has 0 saturated heterocycles. The van der Waals surface area contributed by atoms with Crippen LogP contribution in [0.5, 0.6) is 5.75 Å². The summed E-state index contributed by atoms with van der Waals surface area (Å²) >= 11 is 0. The molecule has 2 heterocycles. The molecule has 140 valence electrons. The van der Waals surface area contributed by atoms with Gasteiger partial charge in [-0.05, 0) is 53.9 Å². The van der Waals surface area contributed by atoms with E-state index in [-0.39, 0.29) is 5.82 Å². The van der Waals surface area contributed by atoms with Crippen molar-refractivity contribution in [3.8, 4) is 16.9 Å². The van der Waals surface area contributed by atoms with Gasteiger partial charge in [0.2, 0.25) is 0 Å². The van der Waals surface area contributed by atoms with Crippen LogP contribution in [0.3, 0.4) is 0 Å². The molecule has 5 nitrogen and oxygen atoms in total. The highest BCUT2D eigenvalue weighted by molar-refractivity contribution is 5.96. The summed E-state index contributed by atoms with van der Waals surface area (Å²) in [7, 11) is 1.61. The number of anilines is 1. The highest BCUT2D eigenvalue weighted by Gasteiger charge is 2.12. The molecule has 4 rings (SSSR count). The first-order valence-electron chi connectivity index (χ1n) is 8.88. The quantitative estimate of drug-likeness (QED) is 0.546. The van der Waals surface area contributed by atoms with E-state index in [1.165, 1.54) is 18.5 Å². The highest BCUT2D eigenvalue weighted by Crippen LogP contribution is 2.34. The van der Waals surface area contributed by atoms with Crippen molar-refractivity contribution in [2.75, 3.05) is 12.4 Å². The molecule has 2 aromatic heterocycles. The molecule has 0 atom stereocenters. The summed E-state index contributed by atoms with van der Waals surface area (Å²) in [6, 6.07) is 14.2. The van der Waals surface area contributed by atoms with Gasteiger partial charge in [0.1, 0.15) is 29.2 Å². The molecular formula is C22H19FN4O. The Hall–Kier alpha value is -3.54. The number of hydrogen-bond acceptors (Lipinski definition) is 5. The van der Waals surface area contributed by atoms with Crippen LogP contribution in [0, 0.1) is 12.7 Å². The van der Waals surface area contributed by atoms with Crippen LogP contribution in [0.2, 0.25) is 0 Å². The first-order chi connectivity index (χ1) is 13.6. The molecule has 1 N–H and O–H groups in total. The summed E-state index contributed by atoms with van der Waals surface area (Å²) in [5.74, 6) is 1.05. The molecule has 0 bridgehead atoms. The fourth-order valence-electron chi connectivity index (χ4n) is 3.02. The smallest absolute Gasteiger partial charge is 0.145 e. The molecule has 0 fully saturated rings. The third-order valence-electron chi connectivity index (χ3n) is 4.51. The summed E-state index contributed by atoms with van der Waals surface area (Å²) in [6.45, 7) is 2.54. The standard InChI is InChI=1S/C22H19FN4O/c1-14-3-8-18(24-11-14)12-25-22-19-9-16(15-4-6-17(23)7-5-15)10-20(28-2)21(19)26-13-27-22/h3-11,13H,12H2,1-2H3,(H,25,26,27). The van der Waals surface area contributed by atoms with Crippen LogP contribution in [0.25, 0.3) is 22.0 Å². The van der Waals surface area contributed by atoms with Gasteiger partial charge >= 0.3 is 0 Å². The number of aromatic nitrogens is 3. The molecular weight excluding hydrogens is 355 g/mol. The number of nitrogens with one attached hydrogen (secondary N) is 1. The zero-order valence-corrected chi connectivity index (χ0v) is 15.6. The minimum atomic E-state index is -0.271. The second-order valence-electron chi connectivity index (χ2n) is 6.48. The van der Waals surface area contributed by atoms with E-state index >= 15 is 0 Å². The Bertz CT molecular complexity index is 1110. The van der Waals surface area contributed by atoms with Gasteiger partial charge in [-0.25, -0.2) is 14.4 Å². The molecule has 0 aliphatic carbocycles. The molecule has 0 amide bonds. The largest absolute Gasteiger partial charge is 0.494 e. The number of fused-ring (bicyclic) bond motifs is 1. The van der Waals surface area contributed by atoms with Crippen LogP contribution < -0.4 is 10.1 Å². The van der Waals surface area contributed by atoms with E-state index in [1.54, 1.807) is 19.2 Å². The molecule has 2 aromatic carbocycles. The summed E-state index contributed by atoms with van der Waals surface area (Å²) in [5.41, 5.74) is 4.53. The van der Waals surface area contributed by atoms with Gasteiger partial charge in [-0.3, -0.25) is 4.98 Å². The van der Waals surface area contributed by atoms with Crippen LogP contribution in [0.4, 0.5) is 10.2 Å². The lowest BCUT2D eigenvalue weighted by molar-refractivity contribution is 0.419. The second kappa shape index (κ2) is 7.60. The topological polar surface area (TPSA) is 59.9 Å². The van der Waals surface area contributed by atoms with E-state index in [0.29, 0.717) is 23.6 Å².